The SMILES string of the molecule is O=C(NC1CCN(Cc2ccccc2)CC1)c1cc(Cl)c(NC(=O)C(F)(F)F)cc1OCc1ccccc1. The number of benzene rings is 3. The highest BCUT2D eigenvalue weighted by Gasteiger charge is 2.39. The van der Waals surface area contributed by atoms with Gasteiger partial charge < -0.3 is 15.4 Å². The van der Waals surface area contributed by atoms with Crippen molar-refractivity contribution < 1.29 is 27.5 Å². The standard InChI is InChI=1S/C28H27ClF3N3O3/c29-23-15-22(26(36)33-21-11-13-35(14-12-21)17-19-7-3-1-4-8-19)25(38-18-20-9-5-2-6-10-20)16-24(23)34-27(37)28(30,31)32/h1-10,15-16,21H,11-14,17-18H2,(H,33,36)(H,34,37). The Morgan fingerprint density at radius 3 is 2.16 bits per heavy atom. The predicted octanol–water partition coefficient (Wildman–Crippen LogP) is 5.81. The molecule has 10 heteroatoms. The molecule has 0 spiro atoms. The van der Waals surface area contributed by atoms with Crippen molar-refractivity contribution in [1.82, 2.24) is 10.2 Å². The first-order valence-electron chi connectivity index (χ1n) is 12.1. The number of rotatable bonds is 8. The lowest BCUT2D eigenvalue weighted by molar-refractivity contribution is -0.167. The van der Waals surface area contributed by atoms with Crippen LogP contribution < -0.4 is 15.4 Å². The fourth-order valence-electron chi connectivity index (χ4n) is 4.21. The molecule has 0 atom stereocenters. The maximum Gasteiger partial charge on any atom is 0.471 e. The number of nitrogens with zero attached hydrogens (tertiary/aromatic N) is 1. The Bertz CT molecular complexity index is 1250. The first-order chi connectivity index (χ1) is 18.2. The zero-order valence-electron chi connectivity index (χ0n) is 20.4. The number of hydrogen-bond donors (Lipinski definition) is 2. The van der Waals surface area contributed by atoms with E-state index in [1.165, 1.54) is 11.6 Å². The molecule has 6 nitrogen and oxygen atoms in total. The van der Waals surface area contributed by atoms with Crippen LogP contribution in [0.4, 0.5) is 18.9 Å². The molecule has 1 heterocycles. The third-order valence-electron chi connectivity index (χ3n) is 6.23. The lowest BCUT2D eigenvalue weighted by Crippen LogP contribution is -2.44. The molecule has 2 amide bonds. The number of amides is 2. The van der Waals surface area contributed by atoms with Gasteiger partial charge in [0.05, 0.1) is 16.3 Å². The number of halogens is 4. The molecular weight excluding hydrogens is 519 g/mol. The Hall–Kier alpha value is -3.56. The van der Waals surface area contributed by atoms with E-state index in [1.807, 2.05) is 48.5 Å². The maximum atomic E-state index is 13.2. The molecule has 1 aliphatic heterocycles. The minimum atomic E-state index is -5.10. The van der Waals surface area contributed by atoms with E-state index in [1.54, 1.807) is 5.32 Å². The Morgan fingerprint density at radius 1 is 0.947 bits per heavy atom. The predicted molar refractivity (Wildman–Crippen MR) is 139 cm³/mol. The van der Waals surface area contributed by atoms with Gasteiger partial charge in [-0.25, -0.2) is 0 Å². The first-order valence-corrected chi connectivity index (χ1v) is 12.5. The van der Waals surface area contributed by atoms with Crippen LogP contribution in [0.15, 0.2) is 72.8 Å². The summed E-state index contributed by atoms with van der Waals surface area (Å²) in [6, 6.07) is 21.5. The zero-order chi connectivity index (χ0) is 27.1. The summed E-state index contributed by atoms with van der Waals surface area (Å²) in [5, 5.41) is 4.54. The van der Waals surface area contributed by atoms with Gasteiger partial charge in [0.2, 0.25) is 0 Å². The van der Waals surface area contributed by atoms with Crippen LogP contribution in [0.25, 0.3) is 0 Å². The van der Waals surface area contributed by atoms with Gasteiger partial charge in [-0.1, -0.05) is 72.3 Å². The number of nitrogens with one attached hydrogen (secondary N) is 2. The van der Waals surface area contributed by atoms with Crippen molar-refractivity contribution in [2.45, 2.75) is 38.2 Å². The molecule has 0 unspecified atom stereocenters. The number of alkyl halides is 3. The van der Waals surface area contributed by atoms with E-state index < -0.39 is 18.0 Å². The van der Waals surface area contributed by atoms with Crippen molar-refractivity contribution in [2.75, 3.05) is 18.4 Å². The number of carbonyl (C=O) groups excluding carboxylic acids is 2. The number of anilines is 1. The topological polar surface area (TPSA) is 70.7 Å². The van der Waals surface area contributed by atoms with E-state index in [0.717, 1.165) is 44.1 Å². The van der Waals surface area contributed by atoms with Crippen LogP contribution in [0.2, 0.25) is 5.02 Å². The maximum absolute atomic E-state index is 13.2. The summed E-state index contributed by atoms with van der Waals surface area (Å²) in [7, 11) is 0. The van der Waals surface area contributed by atoms with Crippen molar-refractivity contribution in [1.29, 1.82) is 0 Å². The molecule has 1 fully saturated rings. The summed E-state index contributed by atoms with van der Waals surface area (Å²) in [4.78, 5) is 27.0. The average molecular weight is 546 g/mol. The van der Waals surface area contributed by atoms with Crippen LogP contribution >= 0.6 is 11.6 Å². The molecule has 0 aliphatic carbocycles. The highest BCUT2D eigenvalue weighted by atomic mass is 35.5. The van der Waals surface area contributed by atoms with Crippen LogP contribution in [0.5, 0.6) is 5.75 Å². The molecule has 200 valence electrons. The van der Waals surface area contributed by atoms with Gasteiger partial charge in [-0.2, -0.15) is 13.2 Å². The van der Waals surface area contributed by atoms with Crippen molar-refractivity contribution in [3.05, 3.63) is 94.5 Å². The number of likely N-dealkylation sites (tertiary alicyclic amines) is 1. The average Bonchev–Trinajstić information content (AvgIpc) is 2.90. The minimum Gasteiger partial charge on any atom is -0.488 e. The molecule has 1 aliphatic rings. The van der Waals surface area contributed by atoms with Gasteiger partial charge >= 0.3 is 12.1 Å². The normalized spacial score (nSPS) is 14.6. The largest absolute Gasteiger partial charge is 0.488 e. The van der Waals surface area contributed by atoms with Crippen molar-refractivity contribution in [3.8, 4) is 5.75 Å². The first kappa shape index (κ1) is 27.5. The van der Waals surface area contributed by atoms with Gasteiger partial charge in [0.25, 0.3) is 5.91 Å². The molecule has 4 rings (SSSR count). The number of piperidine rings is 1. The quantitative estimate of drug-likeness (QED) is 0.374. The van der Waals surface area contributed by atoms with E-state index in [9.17, 15) is 22.8 Å². The second-order valence-electron chi connectivity index (χ2n) is 9.06. The molecule has 0 saturated carbocycles. The molecule has 1 saturated heterocycles. The van der Waals surface area contributed by atoms with Gasteiger partial charge in [0.1, 0.15) is 12.4 Å². The minimum absolute atomic E-state index is 0.00902. The van der Waals surface area contributed by atoms with Crippen molar-refractivity contribution >= 4 is 29.1 Å². The molecule has 2 N–H and O–H groups in total. The van der Waals surface area contributed by atoms with E-state index in [-0.39, 0.29) is 34.7 Å². The van der Waals surface area contributed by atoms with Crippen LogP contribution in [-0.2, 0) is 17.9 Å². The summed E-state index contributed by atoms with van der Waals surface area (Å²) in [6.07, 6.45) is -3.61. The second kappa shape index (κ2) is 12.3. The van der Waals surface area contributed by atoms with Gasteiger partial charge in [0, 0.05) is 31.7 Å². The lowest BCUT2D eigenvalue weighted by atomic mass is 10.0. The van der Waals surface area contributed by atoms with E-state index >= 15 is 0 Å². The molecule has 38 heavy (non-hydrogen) atoms. The van der Waals surface area contributed by atoms with Crippen LogP contribution in [0.1, 0.15) is 34.3 Å². The monoisotopic (exact) mass is 545 g/mol. The smallest absolute Gasteiger partial charge is 0.471 e. The molecule has 3 aromatic carbocycles. The van der Waals surface area contributed by atoms with Gasteiger partial charge in [-0.3, -0.25) is 14.5 Å². The number of carbonyl (C=O) groups is 2. The highest BCUT2D eigenvalue weighted by Crippen LogP contribution is 2.33. The Labute approximate surface area is 223 Å². The molecule has 0 aromatic heterocycles. The van der Waals surface area contributed by atoms with E-state index in [4.69, 9.17) is 16.3 Å². The van der Waals surface area contributed by atoms with Gasteiger partial charge in [-0.15, -0.1) is 0 Å². The van der Waals surface area contributed by atoms with Gasteiger partial charge in [0.15, 0.2) is 0 Å². The molecular formula is C28H27ClF3N3O3. The lowest BCUT2D eigenvalue weighted by Gasteiger charge is -2.32. The second-order valence-corrected chi connectivity index (χ2v) is 9.47. The summed E-state index contributed by atoms with van der Waals surface area (Å²) >= 11 is 6.17. The fraction of sp³-hybridized carbons (Fsp3) is 0.286. The summed E-state index contributed by atoms with van der Waals surface area (Å²) in [6.45, 7) is 2.51. The molecule has 0 bridgehead atoms. The Morgan fingerprint density at radius 2 is 1.55 bits per heavy atom. The number of ether oxygens (including phenoxy) is 1. The van der Waals surface area contributed by atoms with E-state index in [2.05, 4.69) is 22.3 Å². The molecule has 3 aromatic rings. The van der Waals surface area contributed by atoms with Crippen molar-refractivity contribution in [3.63, 3.8) is 0 Å². The van der Waals surface area contributed by atoms with Crippen LogP contribution in [-0.4, -0.2) is 42.0 Å². The summed E-state index contributed by atoms with van der Waals surface area (Å²) in [5.74, 6) is -2.62. The number of hydrogen-bond acceptors (Lipinski definition) is 4. The van der Waals surface area contributed by atoms with Crippen LogP contribution in [0, 0.1) is 0 Å². The van der Waals surface area contributed by atoms with Gasteiger partial charge in [-0.05, 0) is 30.0 Å². The van der Waals surface area contributed by atoms with Crippen LogP contribution in [0.3, 0.4) is 0 Å². The molecule has 0 radical (unpaired) electrons. The zero-order valence-corrected chi connectivity index (χ0v) is 21.2. The Kier molecular flexibility index (Phi) is 8.91. The van der Waals surface area contributed by atoms with Crippen molar-refractivity contribution in [2.24, 2.45) is 0 Å². The third-order valence-corrected chi connectivity index (χ3v) is 6.54. The fourth-order valence-corrected chi connectivity index (χ4v) is 4.43. The summed E-state index contributed by atoms with van der Waals surface area (Å²) < 4.78 is 44.2. The Balaban J connectivity index is 1.46. The highest BCUT2D eigenvalue weighted by molar-refractivity contribution is 6.34. The van der Waals surface area contributed by atoms with E-state index in [0.29, 0.717) is 0 Å². The summed E-state index contributed by atoms with van der Waals surface area (Å²) in [5.41, 5.74) is 1.79. The third kappa shape index (κ3) is 7.49.